The van der Waals surface area contributed by atoms with Crippen molar-refractivity contribution in [3.63, 3.8) is 0 Å². The molecule has 318 valence electrons. The molecule has 0 radical (unpaired) electrons. The molecule has 0 atom stereocenters. The highest BCUT2D eigenvalue weighted by atomic mass is 15.0. The quantitative estimate of drug-likeness (QED) is 0.153. The lowest BCUT2D eigenvalue weighted by Crippen LogP contribution is -2.04. The van der Waals surface area contributed by atoms with Crippen LogP contribution in [0.15, 0.2) is 249 Å². The lowest BCUT2D eigenvalue weighted by Gasteiger charge is -2.21. The van der Waals surface area contributed by atoms with Crippen LogP contribution in [0.25, 0.3) is 123 Å². The van der Waals surface area contributed by atoms with Gasteiger partial charge < -0.3 is 9.13 Å². The molecule has 5 heteroatoms. The van der Waals surface area contributed by atoms with Gasteiger partial charge in [-0.15, -0.1) is 0 Å². The lowest BCUT2D eigenvalue weighted by atomic mass is 9.92. The van der Waals surface area contributed by atoms with E-state index in [-0.39, 0.29) is 0 Å². The van der Waals surface area contributed by atoms with Crippen LogP contribution in [0, 0.1) is 0 Å². The van der Waals surface area contributed by atoms with Crippen LogP contribution in [0.4, 0.5) is 0 Å². The summed E-state index contributed by atoms with van der Waals surface area (Å²) in [4.78, 5) is 15.8. The van der Waals surface area contributed by atoms with E-state index in [1.54, 1.807) is 0 Å². The fraction of sp³-hybridized carbons (Fsp3) is 0. The van der Waals surface area contributed by atoms with Gasteiger partial charge in [0.2, 0.25) is 0 Å². The summed E-state index contributed by atoms with van der Waals surface area (Å²) >= 11 is 0. The van der Waals surface area contributed by atoms with Gasteiger partial charge in [0.05, 0.1) is 27.8 Å². The number of fused-ring (bicyclic) bond motifs is 7. The van der Waals surface area contributed by atoms with Crippen LogP contribution in [0.5, 0.6) is 0 Å². The summed E-state index contributed by atoms with van der Waals surface area (Å²) in [5, 5.41) is 4.78. The second-order valence-electron chi connectivity index (χ2n) is 17.2. The zero-order valence-electron chi connectivity index (χ0n) is 36.9. The topological polar surface area (TPSA) is 48.5 Å². The maximum Gasteiger partial charge on any atom is 0.164 e. The molecule has 0 fully saturated rings. The van der Waals surface area contributed by atoms with E-state index in [1.165, 1.54) is 21.5 Å². The van der Waals surface area contributed by atoms with Crippen molar-refractivity contribution in [2.24, 2.45) is 0 Å². The van der Waals surface area contributed by atoms with Crippen LogP contribution in [0.3, 0.4) is 0 Å². The molecule has 0 bridgehead atoms. The highest BCUT2D eigenvalue weighted by Crippen LogP contribution is 2.47. The molecule has 13 rings (SSSR count). The SMILES string of the molecule is c1ccc(-c2ccc(-c3nc(-c4ccccc4)nc(-c4cc(-c5ccccc5)c(-n5c6ccccc6c6ccc7c(c8ccccc8n7-c7ccccc7)c65)c(-c5ccccc5)c4)n3)cc2)cc1. The van der Waals surface area contributed by atoms with E-state index in [0.29, 0.717) is 17.5 Å². The normalized spacial score (nSPS) is 11.5. The van der Waals surface area contributed by atoms with Crippen molar-refractivity contribution in [3.05, 3.63) is 249 Å². The van der Waals surface area contributed by atoms with Crippen molar-refractivity contribution < 1.29 is 0 Å². The smallest absolute Gasteiger partial charge is 0.164 e. The maximum atomic E-state index is 5.34. The Labute approximate surface area is 393 Å². The molecule has 3 heterocycles. The van der Waals surface area contributed by atoms with Crippen molar-refractivity contribution in [2.75, 3.05) is 0 Å². The fourth-order valence-corrected chi connectivity index (χ4v) is 10.1. The Hall–Kier alpha value is -9.19. The first-order chi connectivity index (χ1) is 33.7. The molecular weight excluding hydrogens is 827 g/mol. The molecule has 0 amide bonds. The number of nitrogens with zero attached hydrogens (tertiary/aromatic N) is 5. The van der Waals surface area contributed by atoms with Gasteiger partial charge in [-0.1, -0.05) is 206 Å². The minimum atomic E-state index is 0.595. The van der Waals surface area contributed by atoms with Crippen LogP contribution < -0.4 is 0 Å². The Balaban J connectivity index is 1.13. The zero-order chi connectivity index (χ0) is 45.0. The fourth-order valence-electron chi connectivity index (χ4n) is 10.1. The first-order valence-electron chi connectivity index (χ1n) is 23.0. The van der Waals surface area contributed by atoms with Gasteiger partial charge in [-0.25, -0.2) is 15.0 Å². The Morgan fingerprint density at radius 2 is 0.676 bits per heavy atom. The summed E-state index contributed by atoms with van der Waals surface area (Å²) < 4.78 is 4.94. The predicted molar refractivity (Wildman–Crippen MR) is 281 cm³/mol. The third-order valence-electron chi connectivity index (χ3n) is 13.2. The number of benzene rings is 10. The predicted octanol–water partition coefficient (Wildman–Crippen LogP) is 16.1. The summed E-state index contributed by atoms with van der Waals surface area (Å²) in [6.07, 6.45) is 0. The maximum absolute atomic E-state index is 5.34. The van der Waals surface area contributed by atoms with E-state index < -0.39 is 0 Å². The Kier molecular flexibility index (Phi) is 9.43. The number of hydrogen-bond donors (Lipinski definition) is 0. The van der Waals surface area contributed by atoms with Gasteiger partial charge >= 0.3 is 0 Å². The Bertz CT molecular complexity index is 3910. The van der Waals surface area contributed by atoms with Gasteiger partial charge in [0.25, 0.3) is 0 Å². The summed E-state index contributed by atoms with van der Waals surface area (Å²) in [5.41, 5.74) is 16.1. The van der Waals surface area contributed by atoms with E-state index in [9.17, 15) is 0 Å². The number of para-hydroxylation sites is 3. The lowest BCUT2D eigenvalue weighted by molar-refractivity contribution is 1.07. The molecule has 10 aromatic carbocycles. The van der Waals surface area contributed by atoms with Gasteiger partial charge in [-0.2, -0.15) is 0 Å². The van der Waals surface area contributed by atoms with Gasteiger partial charge in [0.1, 0.15) is 0 Å². The van der Waals surface area contributed by atoms with Crippen LogP contribution in [0.1, 0.15) is 0 Å². The Morgan fingerprint density at radius 1 is 0.265 bits per heavy atom. The Morgan fingerprint density at radius 3 is 1.25 bits per heavy atom. The van der Waals surface area contributed by atoms with Crippen LogP contribution in [0.2, 0.25) is 0 Å². The number of rotatable bonds is 8. The molecule has 3 aromatic heterocycles. The molecule has 0 unspecified atom stereocenters. The van der Waals surface area contributed by atoms with Crippen molar-refractivity contribution in [1.82, 2.24) is 24.1 Å². The summed E-state index contributed by atoms with van der Waals surface area (Å²) in [6.45, 7) is 0. The van der Waals surface area contributed by atoms with Gasteiger partial charge in [-0.05, 0) is 64.7 Å². The summed E-state index contributed by atoms with van der Waals surface area (Å²) in [6, 6.07) is 88.2. The molecule has 0 saturated heterocycles. The van der Waals surface area contributed by atoms with Crippen molar-refractivity contribution in [3.8, 4) is 78.9 Å². The van der Waals surface area contributed by atoms with E-state index >= 15 is 0 Å². The molecule has 0 aliphatic carbocycles. The third kappa shape index (κ3) is 6.59. The zero-order valence-corrected chi connectivity index (χ0v) is 36.9. The van der Waals surface area contributed by atoms with Gasteiger partial charge in [0.15, 0.2) is 17.5 Å². The molecule has 68 heavy (non-hydrogen) atoms. The van der Waals surface area contributed by atoms with E-state index in [4.69, 9.17) is 15.0 Å². The molecule has 13 aromatic rings. The largest absolute Gasteiger partial charge is 0.309 e. The van der Waals surface area contributed by atoms with E-state index in [0.717, 1.165) is 83.5 Å². The third-order valence-corrected chi connectivity index (χ3v) is 13.2. The number of hydrogen-bond acceptors (Lipinski definition) is 3. The first-order valence-corrected chi connectivity index (χ1v) is 23.0. The number of aromatic nitrogens is 5. The standard InChI is InChI=1S/C63H41N5/c1-6-20-42(21-7-1)43-34-36-47(37-35-43)62-64-61(46-26-12-4-13-27-46)65-63(66-62)48-40-53(44-22-8-2-9-23-44)59(54(41-48)45-24-10-3-11-25-45)68-55-32-18-16-30-50(55)51-38-39-57-58(60(51)68)52-31-17-19-33-56(52)67(57)49-28-14-5-15-29-49/h1-41H. The molecule has 5 nitrogen and oxygen atoms in total. The molecule has 0 aliphatic rings. The summed E-state index contributed by atoms with van der Waals surface area (Å²) in [7, 11) is 0. The highest BCUT2D eigenvalue weighted by molar-refractivity contribution is 6.26. The van der Waals surface area contributed by atoms with Crippen molar-refractivity contribution in [1.29, 1.82) is 0 Å². The molecule has 0 aliphatic heterocycles. The second kappa shape index (κ2) is 16.4. The molecule has 0 spiro atoms. The van der Waals surface area contributed by atoms with Crippen LogP contribution in [-0.4, -0.2) is 24.1 Å². The van der Waals surface area contributed by atoms with Crippen molar-refractivity contribution in [2.45, 2.75) is 0 Å². The summed E-state index contributed by atoms with van der Waals surface area (Å²) in [5.74, 6) is 1.82. The molecule has 0 N–H and O–H groups in total. The van der Waals surface area contributed by atoms with Crippen LogP contribution in [-0.2, 0) is 0 Å². The van der Waals surface area contributed by atoms with Crippen LogP contribution >= 0.6 is 0 Å². The average molecular weight is 868 g/mol. The second-order valence-corrected chi connectivity index (χ2v) is 17.2. The van der Waals surface area contributed by atoms with Crippen molar-refractivity contribution >= 4 is 43.6 Å². The first kappa shape index (κ1) is 39.2. The molecule has 0 saturated carbocycles. The minimum absolute atomic E-state index is 0.595. The minimum Gasteiger partial charge on any atom is -0.309 e. The van der Waals surface area contributed by atoms with Gasteiger partial charge in [-0.3, -0.25) is 0 Å². The van der Waals surface area contributed by atoms with E-state index in [1.807, 2.05) is 24.3 Å². The average Bonchev–Trinajstić information content (AvgIpc) is 3.94. The van der Waals surface area contributed by atoms with Gasteiger partial charge in [0, 0.05) is 55.0 Å². The molecular formula is C63H41N5. The van der Waals surface area contributed by atoms with E-state index in [2.05, 4.69) is 234 Å². The highest BCUT2D eigenvalue weighted by Gasteiger charge is 2.26. The monoisotopic (exact) mass is 867 g/mol.